The molecule has 1 amide bonds. The molecule has 1 saturated heterocycles. The van der Waals surface area contributed by atoms with Gasteiger partial charge >= 0.3 is 6.36 Å². The molecule has 0 radical (unpaired) electrons. The van der Waals surface area contributed by atoms with Crippen molar-refractivity contribution in [3.05, 3.63) is 41.5 Å². The molecule has 10 nitrogen and oxygen atoms in total. The van der Waals surface area contributed by atoms with Crippen LogP contribution in [0.15, 0.2) is 33.3 Å². The zero-order valence-electron chi connectivity index (χ0n) is 20.0. The molecule has 0 N–H and O–H groups in total. The lowest BCUT2D eigenvalue weighted by Gasteiger charge is -2.25. The van der Waals surface area contributed by atoms with Crippen LogP contribution in [0.5, 0.6) is 11.5 Å². The van der Waals surface area contributed by atoms with Crippen LogP contribution in [0.25, 0.3) is 11.5 Å². The van der Waals surface area contributed by atoms with Crippen molar-refractivity contribution in [3.8, 4) is 23.0 Å². The van der Waals surface area contributed by atoms with Crippen molar-refractivity contribution < 1.29 is 36.5 Å². The molecule has 1 atom stereocenters. The molecule has 4 rings (SSSR count). The van der Waals surface area contributed by atoms with Gasteiger partial charge in [-0.25, -0.2) is 0 Å². The van der Waals surface area contributed by atoms with Crippen LogP contribution in [0.4, 0.5) is 13.2 Å². The van der Waals surface area contributed by atoms with Crippen LogP contribution in [0, 0.1) is 13.8 Å². The Morgan fingerprint density at radius 1 is 1.06 bits per heavy atom. The Bertz CT molecular complexity index is 1160. The first-order valence-electron chi connectivity index (χ1n) is 11.4. The van der Waals surface area contributed by atoms with Crippen molar-refractivity contribution in [3.63, 3.8) is 0 Å². The highest BCUT2D eigenvalue weighted by molar-refractivity contribution is 5.81. The maximum atomic E-state index is 12.9. The molecular formula is C23H26F3N5O5. The summed E-state index contributed by atoms with van der Waals surface area (Å²) < 4.78 is 57.0. The minimum Gasteiger partial charge on any atom is -0.481 e. The fourth-order valence-corrected chi connectivity index (χ4v) is 3.99. The van der Waals surface area contributed by atoms with Gasteiger partial charge in [0, 0.05) is 26.2 Å². The van der Waals surface area contributed by atoms with Gasteiger partial charge < -0.3 is 23.4 Å². The fraction of sp³-hybridized carbons (Fsp3) is 0.478. The second-order valence-corrected chi connectivity index (χ2v) is 8.45. The van der Waals surface area contributed by atoms with Crippen molar-refractivity contribution in [2.45, 2.75) is 46.2 Å². The number of hydrogen-bond donors (Lipinski definition) is 0. The van der Waals surface area contributed by atoms with E-state index in [9.17, 15) is 18.0 Å². The summed E-state index contributed by atoms with van der Waals surface area (Å²) in [5.74, 6) is 1.20. The van der Waals surface area contributed by atoms with Crippen LogP contribution in [0.1, 0.15) is 30.6 Å². The number of halogens is 3. The molecule has 194 valence electrons. The molecule has 13 heteroatoms. The lowest BCUT2D eigenvalue weighted by Crippen LogP contribution is -2.42. The van der Waals surface area contributed by atoms with E-state index in [1.807, 2.05) is 0 Å². The van der Waals surface area contributed by atoms with E-state index in [0.29, 0.717) is 54.9 Å². The third-order valence-corrected chi connectivity index (χ3v) is 5.70. The summed E-state index contributed by atoms with van der Waals surface area (Å²) >= 11 is 0. The fourth-order valence-electron chi connectivity index (χ4n) is 3.99. The number of amides is 1. The lowest BCUT2D eigenvalue weighted by molar-refractivity contribution is -0.274. The maximum Gasteiger partial charge on any atom is 0.573 e. The molecule has 2 aromatic heterocycles. The summed E-state index contributed by atoms with van der Waals surface area (Å²) in [6.45, 7) is 8.05. The van der Waals surface area contributed by atoms with Crippen molar-refractivity contribution in [1.82, 2.24) is 25.1 Å². The Labute approximate surface area is 204 Å². The summed E-state index contributed by atoms with van der Waals surface area (Å²) in [4.78, 5) is 21.2. The first-order valence-corrected chi connectivity index (χ1v) is 11.4. The Kier molecular flexibility index (Phi) is 7.48. The molecular weight excluding hydrogens is 483 g/mol. The van der Waals surface area contributed by atoms with Gasteiger partial charge in [-0.05, 0) is 51.5 Å². The lowest BCUT2D eigenvalue weighted by atomic mass is 10.2. The molecule has 3 heterocycles. The van der Waals surface area contributed by atoms with Crippen LogP contribution in [-0.2, 0) is 11.3 Å². The van der Waals surface area contributed by atoms with E-state index in [2.05, 4.69) is 24.9 Å². The highest BCUT2D eigenvalue weighted by atomic mass is 19.4. The standard InChI is InChI=1S/C23H26F3N5O5/c1-14-20(15(2)35-28-14)21-27-19(29-36-21)13-30-9-4-10-31(12-11-30)22(32)16(3)33-17-5-7-18(8-6-17)34-23(24,25)26/h5-8,16H,4,9-13H2,1-3H3. The smallest absolute Gasteiger partial charge is 0.481 e. The molecule has 36 heavy (non-hydrogen) atoms. The Morgan fingerprint density at radius 2 is 1.78 bits per heavy atom. The van der Waals surface area contributed by atoms with Crippen molar-refractivity contribution >= 4 is 5.91 Å². The van der Waals surface area contributed by atoms with E-state index in [1.165, 1.54) is 12.1 Å². The van der Waals surface area contributed by atoms with E-state index in [1.54, 1.807) is 25.7 Å². The maximum absolute atomic E-state index is 12.9. The van der Waals surface area contributed by atoms with E-state index in [4.69, 9.17) is 13.8 Å². The van der Waals surface area contributed by atoms with Gasteiger partial charge in [0.1, 0.15) is 22.8 Å². The van der Waals surface area contributed by atoms with Crippen molar-refractivity contribution in [2.75, 3.05) is 26.2 Å². The second kappa shape index (κ2) is 10.6. The van der Waals surface area contributed by atoms with E-state index in [0.717, 1.165) is 25.1 Å². The highest BCUT2D eigenvalue weighted by Crippen LogP contribution is 2.26. The van der Waals surface area contributed by atoms with Gasteiger partial charge in [-0.15, -0.1) is 13.2 Å². The van der Waals surface area contributed by atoms with Crippen molar-refractivity contribution in [1.29, 1.82) is 0 Å². The molecule has 3 aromatic rings. The summed E-state index contributed by atoms with van der Waals surface area (Å²) in [5, 5.41) is 7.97. The normalized spacial score (nSPS) is 16.0. The topological polar surface area (TPSA) is 107 Å². The van der Waals surface area contributed by atoms with Crippen LogP contribution in [0.3, 0.4) is 0 Å². The minimum atomic E-state index is -4.77. The van der Waals surface area contributed by atoms with Gasteiger partial charge in [-0.2, -0.15) is 4.98 Å². The predicted octanol–water partition coefficient (Wildman–Crippen LogP) is 3.74. The van der Waals surface area contributed by atoms with Gasteiger partial charge in [0.2, 0.25) is 0 Å². The number of ether oxygens (including phenoxy) is 2. The first-order chi connectivity index (χ1) is 17.1. The van der Waals surface area contributed by atoms with Gasteiger partial charge in [0.15, 0.2) is 11.9 Å². The highest BCUT2D eigenvalue weighted by Gasteiger charge is 2.31. The van der Waals surface area contributed by atoms with Gasteiger partial charge in [0.05, 0.1) is 12.2 Å². The first kappa shape index (κ1) is 25.5. The Morgan fingerprint density at radius 3 is 2.44 bits per heavy atom. The number of nitrogens with zero attached hydrogens (tertiary/aromatic N) is 5. The van der Waals surface area contributed by atoms with E-state index >= 15 is 0 Å². The number of benzene rings is 1. The molecule has 0 bridgehead atoms. The second-order valence-electron chi connectivity index (χ2n) is 8.45. The molecule has 0 spiro atoms. The molecule has 0 saturated carbocycles. The third-order valence-electron chi connectivity index (χ3n) is 5.70. The SMILES string of the molecule is Cc1noc(C)c1-c1nc(CN2CCCN(C(=O)C(C)Oc3ccc(OC(F)(F)F)cc3)CC2)no1. The molecule has 1 unspecified atom stereocenters. The molecule has 0 aliphatic carbocycles. The van der Waals surface area contributed by atoms with Crippen molar-refractivity contribution in [2.24, 2.45) is 0 Å². The van der Waals surface area contributed by atoms with Gasteiger partial charge in [0.25, 0.3) is 11.8 Å². The Hall–Kier alpha value is -3.61. The number of carbonyl (C=O) groups excluding carboxylic acids is 1. The van der Waals surface area contributed by atoms with Crippen LogP contribution >= 0.6 is 0 Å². The number of alkyl halides is 3. The molecule has 1 aromatic carbocycles. The van der Waals surface area contributed by atoms with Crippen LogP contribution in [-0.4, -0.2) is 69.6 Å². The quantitative estimate of drug-likeness (QED) is 0.471. The van der Waals surface area contributed by atoms with E-state index in [-0.39, 0.29) is 17.4 Å². The zero-order chi connectivity index (χ0) is 25.9. The predicted molar refractivity (Wildman–Crippen MR) is 119 cm³/mol. The Balaban J connectivity index is 1.29. The summed E-state index contributed by atoms with van der Waals surface area (Å²) in [6.07, 6.45) is -4.83. The summed E-state index contributed by atoms with van der Waals surface area (Å²) in [5.41, 5.74) is 1.37. The average molecular weight is 509 g/mol. The summed E-state index contributed by atoms with van der Waals surface area (Å²) in [6, 6.07) is 4.94. The number of rotatable bonds is 7. The molecule has 1 aliphatic rings. The zero-order valence-corrected chi connectivity index (χ0v) is 20.0. The average Bonchev–Trinajstić information content (AvgIpc) is 3.31. The monoisotopic (exact) mass is 509 g/mol. The number of carbonyl (C=O) groups is 1. The number of aryl methyl sites for hydroxylation is 2. The molecule has 1 aliphatic heterocycles. The van der Waals surface area contributed by atoms with Crippen LogP contribution < -0.4 is 9.47 Å². The third kappa shape index (κ3) is 6.33. The van der Waals surface area contributed by atoms with Gasteiger partial charge in [-0.3, -0.25) is 9.69 Å². The summed E-state index contributed by atoms with van der Waals surface area (Å²) in [7, 11) is 0. The van der Waals surface area contributed by atoms with Crippen LogP contribution in [0.2, 0.25) is 0 Å². The largest absolute Gasteiger partial charge is 0.573 e. The van der Waals surface area contributed by atoms with Gasteiger partial charge in [-0.1, -0.05) is 10.3 Å². The number of hydrogen-bond acceptors (Lipinski definition) is 9. The molecule has 1 fully saturated rings. The number of aromatic nitrogens is 3. The van der Waals surface area contributed by atoms with E-state index < -0.39 is 12.5 Å². The minimum absolute atomic E-state index is 0.201.